The van der Waals surface area contributed by atoms with E-state index in [-0.39, 0.29) is 24.9 Å². The molecule has 1 aromatic rings. The Kier molecular flexibility index (Phi) is 7.69. The fraction of sp³-hybridized carbons (Fsp3) is 0.364. The number of amides is 1. The van der Waals surface area contributed by atoms with Gasteiger partial charge in [-0.2, -0.15) is 0 Å². The van der Waals surface area contributed by atoms with Crippen LogP contribution in [0, 0.1) is 10.5 Å². The molecule has 1 atom stereocenters. The summed E-state index contributed by atoms with van der Waals surface area (Å²) in [6.07, 6.45) is -0.598. The van der Waals surface area contributed by atoms with Crippen LogP contribution in [0.1, 0.15) is 5.56 Å². The van der Waals surface area contributed by atoms with E-state index in [0.29, 0.717) is 0 Å². The van der Waals surface area contributed by atoms with Gasteiger partial charge in [0.15, 0.2) is 0 Å². The van der Waals surface area contributed by atoms with E-state index in [9.17, 15) is 4.79 Å². The van der Waals surface area contributed by atoms with Crippen LogP contribution >= 0.6 is 35.0 Å². The maximum atomic E-state index is 11.7. The van der Waals surface area contributed by atoms with Crippen LogP contribution in [-0.4, -0.2) is 25.7 Å². The molecule has 0 radical (unpaired) electrons. The van der Waals surface area contributed by atoms with Crippen LogP contribution in [-0.2, 0) is 9.53 Å². The molecule has 0 fully saturated rings. The Bertz CT molecular complexity index is 384. The number of hydrogen-bond acceptors (Lipinski definition) is 3. The Balaban J connectivity index is 0.00000256. The average molecular weight is 371 g/mol. The maximum absolute atomic E-state index is 11.7. The van der Waals surface area contributed by atoms with Gasteiger partial charge in [0.25, 0.3) is 5.91 Å². The molecule has 1 aromatic carbocycles. The number of nitrogens with one attached hydrogen (secondary N) is 1. The van der Waals surface area contributed by atoms with Crippen molar-refractivity contribution in [3.8, 4) is 0 Å². The lowest BCUT2D eigenvalue weighted by atomic mass is 10.2. The van der Waals surface area contributed by atoms with Crippen molar-refractivity contribution in [2.75, 3.05) is 19.0 Å². The number of carbonyl (C=O) groups excluding carboxylic acids is 1. The van der Waals surface area contributed by atoms with E-state index in [2.05, 4.69) is 27.9 Å². The number of ether oxygens (including phenoxy) is 1. The third-order valence-electron chi connectivity index (χ3n) is 2.23. The Morgan fingerprint density at radius 1 is 1.59 bits per heavy atom. The number of anilines is 1. The minimum absolute atomic E-state index is 0. The molecule has 3 N–H and O–H groups in total. The molecule has 0 bridgehead atoms. The van der Waals surface area contributed by atoms with Gasteiger partial charge in [-0.05, 0) is 47.2 Å². The first-order valence-corrected chi connectivity index (χ1v) is 5.96. The summed E-state index contributed by atoms with van der Waals surface area (Å²) in [5, 5.41) is 2.76. The molecule has 6 heteroatoms. The van der Waals surface area contributed by atoms with Gasteiger partial charge in [-0.15, -0.1) is 12.4 Å². The van der Waals surface area contributed by atoms with Gasteiger partial charge in [0.05, 0.1) is 0 Å². The number of methoxy groups -OCH3 is 1. The monoisotopic (exact) mass is 370 g/mol. The van der Waals surface area contributed by atoms with Gasteiger partial charge in [0.1, 0.15) is 6.10 Å². The van der Waals surface area contributed by atoms with Crippen LogP contribution in [0.2, 0.25) is 0 Å². The highest BCUT2D eigenvalue weighted by Gasteiger charge is 2.15. The van der Waals surface area contributed by atoms with Crippen molar-refractivity contribution in [3.63, 3.8) is 0 Å². The number of nitrogens with two attached hydrogens (primary N) is 1. The molecule has 1 rings (SSSR count). The smallest absolute Gasteiger partial charge is 0.254 e. The van der Waals surface area contributed by atoms with Crippen LogP contribution in [0.3, 0.4) is 0 Å². The molecule has 0 aliphatic carbocycles. The Morgan fingerprint density at radius 2 is 2.24 bits per heavy atom. The highest BCUT2D eigenvalue weighted by Crippen LogP contribution is 2.17. The second kappa shape index (κ2) is 7.86. The summed E-state index contributed by atoms with van der Waals surface area (Å²) < 4.78 is 6.06. The van der Waals surface area contributed by atoms with Gasteiger partial charge in [-0.25, -0.2) is 0 Å². The summed E-state index contributed by atoms with van der Waals surface area (Å²) in [4.78, 5) is 11.7. The SMILES string of the molecule is COC(CN)C(=O)Nc1ccc(C)c(I)c1.Cl. The predicted octanol–water partition coefficient (Wildman–Crippen LogP) is 1.93. The minimum atomic E-state index is -0.598. The molecule has 0 aromatic heterocycles. The van der Waals surface area contributed by atoms with Crippen LogP contribution in [0.25, 0.3) is 0 Å². The second-order valence-corrected chi connectivity index (χ2v) is 4.58. The maximum Gasteiger partial charge on any atom is 0.254 e. The van der Waals surface area contributed by atoms with E-state index in [0.717, 1.165) is 9.26 Å². The van der Waals surface area contributed by atoms with E-state index >= 15 is 0 Å². The molecule has 0 saturated carbocycles. The van der Waals surface area contributed by atoms with Crippen LogP contribution in [0.15, 0.2) is 18.2 Å². The van der Waals surface area contributed by atoms with Gasteiger partial charge in [-0.1, -0.05) is 6.07 Å². The molecule has 4 nitrogen and oxygen atoms in total. The van der Waals surface area contributed by atoms with E-state index in [1.807, 2.05) is 25.1 Å². The van der Waals surface area contributed by atoms with Crippen LogP contribution < -0.4 is 11.1 Å². The molecular formula is C11H16ClIN2O2. The molecule has 0 aliphatic heterocycles. The lowest BCUT2D eigenvalue weighted by Gasteiger charge is -2.13. The molecule has 96 valence electrons. The number of halogens is 2. The lowest BCUT2D eigenvalue weighted by Crippen LogP contribution is -2.35. The lowest BCUT2D eigenvalue weighted by molar-refractivity contribution is -0.125. The number of carbonyl (C=O) groups is 1. The van der Waals surface area contributed by atoms with E-state index < -0.39 is 6.10 Å². The number of aryl methyl sites for hydroxylation is 1. The van der Waals surface area contributed by atoms with Crippen molar-refractivity contribution in [3.05, 3.63) is 27.3 Å². The van der Waals surface area contributed by atoms with Crippen molar-refractivity contribution in [2.45, 2.75) is 13.0 Å². The Hall–Kier alpha value is -0.370. The molecule has 0 saturated heterocycles. The average Bonchev–Trinajstić information content (AvgIpc) is 2.25. The Labute approximate surface area is 121 Å². The summed E-state index contributed by atoms with van der Waals surface area (Å²) in [7, 11) is 1.47. The first-order chi connectivity index (χ1) is 7.58. The summed E-state index contributed by atoms with van der Waals surface area (Å²) in [5.41, 5.74) is 7.35. The van der Waals surface area contributed by atoms with Crippen molar-refractivity contribution in [2.24, 2.45) is 5.73 Å². The zero-order valence-electron chi connectivity index (χ0n) is 9.70. The van der Waals surface area contributed by atoms with Gasteiger partial charge < -0.3 is 15.8 Å². The van der Waals surface area contributed by atoms with Gasteiger partial charge >= 0.3 is 0 Å². The van der Waals surface area contributed by atoms with E-state index in [1.54, 1.807) is 0 Å². The van der Waals surface area contributed by atoms with Crippen molar-refractivity contribution in [1.82, 2.24) is 0 Å². The first kappa shape index (κ1) is 16.6. The number of benzene rings is 1. The quantitative estimate of drug-likeness (QED) is 0.796. The molecule has 1 unspecified atom stereocenters. The third kappa shape index (κ3) is 4.79. The highest BCUT2D eigenvalue weighted by molar-refractivity contribution is 14.1. The molecular weight excluding hydrogens is 354 g/mol. The van der Waals surface area contributed by atoms with Gasteiger partial charge in [-0.3, -0.25) is 4.79 Å². The van der Waals surface area contributed by atoms with Crippen molar-refractivity contribution >= 4 is 46.6 Å². The fourth-order valence-electron chi connectivity index (χ4n) is 1.20. The summed E-state index contributed by atoms with van der Waals surface area (Å²) in [5.74, 6) is -0.218. The topological polar surface area (TPSA) is 64.3 Å². The number of rotatable bonds is 4. The minimum Gasteiger partial charge on any atom is -0.370 e. The number of hydrogen-bond donors (Lipinski definition) is 2. The summed E-state index contributed by atoms with van der Waals surface area (Å²) in [6, 6.07) is 5.73. The highest BCUT2D eigenvalue weighted by atomic mass is 127. The normalized spacial score (nSPS) is 11.5. The fourth-order valence-corrected chi connectivity index (χ4v) is 1.72. The van der Waals surface area contributed by atoms with E-state index in [4.69, 9.17) is 10.5 Å². The first-order valence-electron chi connectivity index (χ1n) is 4.88. The van der Waals surface area contributed by atoms with Gasteiger partial charge in [0, 0.05) is 22.9 Å². The summed E-state index contributed by atoms with van der Waals surface area (Å²) >= 11 is 2.23. The standard InChI is InChI=1S/C11H15IN2O2.ClH/c1-7-3-4-8(5-9(7)12)14-11(15)10(6-13)16-2;/h3-5,10H,6,13H2,1-2H3,(H,14,15);1H. The van der Waals surface area contributed by atoms with Crippen LogP contribution in [0.5, 0.6) is 0 Å². The molecule has 17 heavy (non-hydrogen) atoms. The summed E-state index contributed by atoms with van der Waals surface area (Å²) in [6.45, 7) is 2.19. The van der Waals surface area contributed by atoms with E-state index in [1.165, 1.54) is 12.7 Å². The van der Waals surface area contributed by atoms with Gasteiger partial charge in [0.2, 0.25) is 0 Å². The molecule has 0 aliphatic rings. The second-order valence-electron chi connectivity index (χ2n) is 3.41. The molecule has 1 amide bonds. The van der Waals surface area contributed by atoms with Crippen molar-refractivity contribution in [1.29, 1.82) is 0 Å². The predicted molar refractivity (Wildman–Crippen MR) is 79.6 cm³/mol. The third-order valence-corrected chi connectivity index (χ3v) is 3.39. The zero-order valence-corrected chi connectivity index (χ0v) is 12.7. The van der Waals surface area contributed by atoms with Crippen molar-refractivity contribution < 1.29 is 9.53 Å². The molecule has 0 heterocycles. The van der Waals surface area contributed by atoms with Crippen LogP contribution in [0.4, 0.5) is 5.69 Å². The molecule has 0 spiro atoms. The largest absolute Gasteiger partial charge is 0.370 e. The Morgan fingerprint density at radius 3 is 2.71 bits per heavy atom. The zero-order chi connectivity index (χ0) is 12.1.